The van der Waals surface area contributed by atoms with E-state index in [9.17, 15) is 13.3 Å². The van der Waals surface area contributed by atoms with Crippen molar-refractivity contribution in [3.8, 4) is 16.9 Å². The van der Waals surface area contributed by atoms with Crippen LogP contribution in [0.5, 0.6) is 5.75 Å². The zero-order valence-electron chi connectivity index (χ0n) is 17.0. The zero-order chi connectivity index (χ0) is 20.9. The van der Waals surface area contributed by atoms with Gasteiger partial charge in [-0.1, -0.05) is 36.4 Å². The van der Waals surface area contributed by atoms with E-state index in [0.717, 1.165) is 22.4 Å². The van der Waals surface area contributed by atoms with Gasteiger partial charge < -0.3 is 9.42 Å². The van der Waals surface area contributed by atoms with Gasteiger partial charge in [0.05, 0.1) is 4.47 Å². The summed E-state index contributed by atoms with van der Waals surface area (Å²) in [6.07, 6.45) is 0.118. The molecular weight excluding hydrogens is 529 g/mol. The predicted molar refractivity (Wildman–Crippen MR) is 127 cm³/mol. The van der Waals surface area contributed by atoms with Crippen molar-refractivity contribution in [3.05, 3.63) is 82.6 Å². The van der Waals surface area contributed by atoms with Gasteiger partial charge in [-0.25, -0.2) is 4.57 Å². The van der Waals surface area contributed by atoms with E-state index in [0.29, 0.717) is 10.2 Å². The van der Waals surface area contributed by atoms with Crippen molar-refractivity contribution in [1.82, 2.24) is 4.98 Å². The average molecular weight is 546 g/mol. The molecule has 0 aliphatic rings. The van der Waals surface area contributed by atoms with Crippen molar-refractivity contribution in [2.75, 3.05) is 0 Å². The number of alkyl halides is 2. The Labute approximate surface area is 236 Å². The van der Waals surface area contributed by atoms with Gasteiger partial charge in [-0.05, 0) is 56.4 Å². The second-order valence-electron chi connectivity index (χ2n) is 6.13. The maximum atomic E-state index is 12.5. The number of pyridine rings is 1. The summed E-state index contributed by atoms with van der Waals surface area (Å²) in [7, 11) is -4.99. The molecule has 154 valence electrons. The van der Waals surface area contributed by atoms with Gasteiger partial charge in [0.2, 0.25) is 0 Å². The first kappa shape index (κ1) is 29.3. The molecule has 0 saturated heterocycles. The number of benzene rings is 2. The molecule has 31 heavy (non-hydrogen) atoms. The van der Waals surface area contributed by atoms with Crippen LogP contribution >= 0.6 is 35.3 Å². The van der Waals surface area contributed by atoms with Crippen molar-refractivity contribution in [2.45, 2.75) is 17.7 Å². The molecule has 4 nitrogen and oxygen atoms in total. The van der Waals surface area contributed by atoms with E-state index in [2.05, 4.69) is 49.7 Å². The Morgan fingerprint density at radius 2 is 1.68 bits per heavy atom. The Hall–Kier alpha value is 0.270. The van der Waals surface area contributed by atoms with E-state index in [1.54, 1.807) is 30.1 Å². The fourth-order valence-electron chi connectivity index (χ4n) is 2.50. The molecule has 0 aliphatic heterocycles. The smallest absolute Gasteiger partial charge is 0.420 e. The van der Waals surface area contributed by atoms with Crippen LogP contribution in [0.1, 0.15) is 11.1 Å². The van der Waals surface area contributed by atoms with Crippen molar-refractivity contribution in [2.24, 2.45) is 0 Å². The zero-order valence-corrected chi connectivity index (χ0v) is 24.3. The van der Waals surface area contributed by atoms with Gasteiger partial charge in [-0.2, -0.15) is 20.5 Å². The first-order valence-corrected chi connectivity index (χ1v) is 12.1. The van der Waals surface area contributed by atoms with Crippen LogP contribution < -0.4 is 4.52 Å². The number of nitrogens with zero attached hydrogens (tertiary/aromatic N) is 1. The Kier molecular flexibility index (Phi) is 13.1. The second-order valence-corrected chi connectivity index (χ2v) is 9.67. The molecule has 0 fully saturated rings. The van der Waals surface area contributed by atoms with Gasteiger partial charge in [0.1, 0.15) is 5.75 Å². The molecule has 1 atom stereocenters. The minimum atomic E-state index is -4.99. The van der Waals surface area contributed by atoms with Crippen LogP contribution in [0.25, 0.3) is 11.1 Å². The summed E-state index contributed by atoms with van der Waals surface area (Å²) in [5.74, 6) is 1.41. The van der Waals surface area contributed by atoms with E-state index in [1.165, 1.54) is 11.6 Å². The first-order valence-electron chi connectivity index (χ1n) is 8.51. The molecule has 1 aromatic heterocycles. The summed E-state index contributed by atoms with van der Waals surface area (Å²) < 4.78 is 41.2. The Morgan fingerprint density at radius 3 is 2.26 bits per heavy atom. The molecule has 2 aromatic carbocycles. The number of hydrogen-bond donors (Lipinski definition) is 1. The standard InChI is InChI=1S/C20H17BrF2NO3PS.2Na/c21-18-10-15(5-8-19(18)27-28(25,26)20(22)23)13-29-12-14-3-6-16(7-4-14)17-2-1-9-24-11-17;;/h1-11,20H,12-13H2,(H,25,26);;. The van der Waals surface area contributed by atoms with E-state index in [1.807, 2.05) is 18.3 Å². The third-order valence-corrected chi connectivity index (χ3v) is 6.60. The number of hydrogen-bond acceptors (Lipinski definition) is 4. The summed E-state index contributed by atoms with van der Waals surface area (Å²) in [6, 6.07) is 17.0. The minimum Gasteiger partial charge on any atom is -0.420 e. The third-order valence-electron chi connectivity index (χ3n) is 3.96. The quantitative estimate of drug-likeness (QED) is 0.279. The summed E-state index contributed by atoms with van der Waals surface area (Å²) in [5.41, 5.74) is 4.29. The van der Waals surface area contributed by atoms with Gasteiger partial charge in [0.25, 0.3) is 0 Å². The minimum absolute atomic E-state index is 0. The van der Waals surface area contributed by atoms with Crippen LogP contribution in [0.4, 0.5) is 8.78 Å². The van der Waals surface area contributed by atoms with Crippen LogP contribution in [0.15, 0.2) is 71.5 Å². The van der Waals surface area contributed by atoms with Crippen LogP contribution in [-0.2, 0) is 16.1 Å². The van der Waals surface area contributed by atoms with Crippen molar-refractivity contribution < 1.29 is 22.8 Å². The average Bonchev–Trinajstić information content (AvgIpc) is 2.71. The summed E-state index contributed by atoms with van der Waals surface area (Å²) in [6.45, 7) is 0. The van der Waals surface area contributed by atoms with Crippen molar-refractivity contribution in [3.63, 3.8) is 0 Å². The maximum Gasteiger partial charge on any atom is 0.442 e. The Morgan fingerprint density at radius 1 is 1.03 bits per heavy atom. The summed E-state index contributed by atoms with van der Waals surface area (Å²) >= 11 is 4.89. The monoisotopic (exact) mass is 545 g/mol. The van der Waals surface area contributed by atoms with Crippen LogP contribution in [0.3, 0.4) is 0 Å². The largest absolute Gasteiger partial charge is 0.442 e. The van der Waals surface area contributed by atoms with Gasteiger partial charge in [-0.15, -0.1) is 0 Å². The molecule has 0 amide bonds. The van der Waals surface area contributed by atoms with Crippen molar-refractivity contribution >= 4 is 94.4 Å². The van der Waals surface area contributed by atoms with Crippen molar-refractivity contribution in [1.29, 1.82) is 0 Å². The summed E-state index contributed by atoms with van der Waals surface area (Å²) in [5, 5.41) is 0. The van der Waals surface area contributed by atoms with Gasteiger partial charge in [0.15, 0.2) is 0 Å². The first-order chi connectivity index (χ1) is 13.8. The van der Waals surface area contributed by atoms with Gasteiger partial charge in [-0.3, -0.25) is 4.98 Å². The molecule has 0 aliphatic carbocycles. The van der Waals surface area contributed by atoms with Gasteiger partial charge in [0, 0.05) is 83.0 Å². The van der Waals surface area contributed by atoms with Crippen LogP contribution in [0.2, 0.25) is 0 Å². The van der Waals surface area contributed by atoms with Crippen LogP contribution in [-0.4, -0.2) is 75.2 Å². The molecule has 2 radical (unpaired) electrons. The van der Waals surface area contributed by atoms with E-state index in [-0.39, 0.29) is 64.9 Å². The van der Waals surface area contributed by atoms with E-state index in [4.69, 9.17) is 4.89 Å². The van der Waals surface area contributed by atoms with Crippen LogP contribution in [0, 0.1) is 0 Å². The maximum absolute atomic E-state index is 12.5. The Balaban J connectivity index is 0.00000240. The third kappa shape index (κ3) is 8.85. The fraction of sp³-hybridized carbons (Fsp3) is 0.150. The molecule has 3 aromatic rings. The molecule has 11 heteroatoms. The number of halogens is 3. The molecule has 0 spiro atoms. The summed E-state index contributed by atoms with van der Waals surface area (Å²) in [4.78, 5) is 13.3. The molecule has 1 N–H and O–H groups in total. The number of thioether (sulfide) groups is 1. The SMILES string of the molecule is O=P(O)(Oc1ccc(CSCc2ccc(-c3cccnc3)cc2)cc1Br)C(F)F.[Na].[Na]. The number of rotatable bonds is 8. The number of aromatic nitrogens is 1. The van der Waals surface area contributed by atoms with E-state index >= 15 is 0 Å². The topological polar surface area (TPSA) is 59.4 Å². The molecular formula is C20H17BrF2NNa2O3PS. The van der Waals surface area contributed by atoms with Gasteiger partial charge >= 0.3 is 13.8 Å². The second kappa shape index (κ2) is 13.9. The normalized spacial score (nSPS) is 12.4. The van der Waals surface area contributed by atoms with E-state index < -0.39 is 13.8 Å². The molecule has 1 unspecified atom stereocenters. The molecule has 1 heterocycles. The Bertz CT molecular complexity index is 1020. The fourth-order valence-corrected chi connectivity index (χ4v) is 4.60. The predicted octanol–water partition coefficient (Wildman–Crippen LogP) is 5.97. The molecule has 0 saturated carbocycles. The molecule has 3 rings (SSSR count). The molecule has 0 bridgehead atoms.